The molecule has 7 heteroatoms. The van der Waals surface area contributed by atoms with Crippen LogP contribution in [0.15, 0.2) is 6.33 Å². The summed E-state index contributed by atoms with van der Waals surface area (Å²) in [6.45, 7) is 6.53. The Bertz CT molecular complexity index is 853. The first-order chi connectivity index (χ1) is 13.2. The zero-order chi connectivity index (χ0) is 18.4. The van der Waals surface area contributed by atoms with Crippen LogP contribution in [0.25, 0.3) is 10.2 Å². The summed E-state index contributed by atoms with van der Waals surface area (Å²) in [6, 6.07) is 0.445. The molecule has 0 bridgehead atoms. The summed E-state index contributed by atoms with van der Waals surface area (Å²) in [6.07, 6.45) is 7.60. The molecule has 1 saturated heterocycles. The zero-order valence-electron chi connectivity index (χ0n) is 15.9. The maximum Gasteiger partial charge on any atom is 0.234 e. The van der Waals surface area contributed by atoms with Gasteiger partial charge in [0.05, 0.1) is 11.9 Å². The minimum absolute atomic E-state index is 0.177. The molecule has 1 aliphatic heterocycles. The number of thiophene rings is 1. The van der Waals surface area contributed by atoms with Gasteiger partial charge >= 0.3 is 0 Å². The van der Waals surface area contributed by atoms with Crippen molar-refractivity contribution in [1.29, 1.82) is 0 Å². The summed E-state index contributed by atoms with van der Waals surface area (Å²) in [5.41, 5.74) is 1.50. The molecule has 0 spiro atoms. The van der Waals surface area contributed by atoms with E-state index in [4.69, 9.17) is 0 Å². The van der Waals surface area contributed by atoms with E-state index < -0.39 is 0 Å². The molecule has 0 unspecified atom stereocenters. The van der Waals surface area contributed by atoms with Crippen LogP contribution in [-0.2, 0) is 17.6 Å². The number of hydrogen-bond donors (Lipinski definition) is 1. The largest absolute Gasteiger partial charge is 0.353 e. The zero-order valence-corrected chi connectivity index (χ0v) is 16.7. The van der Waals surface area contributed by atoms with E-state index in [9.17, 15) is 4.79 Å². The van der Waals surface area contributed by atoms with Gasteiger partial charge in [0.25, 0.3) is 0 Å². The molecular weight excluding hydrogens is 358 g/mol. The Morgan fingerprint density at radius 3 is 2.81 bits per heavy atom. The number of carbonyl (C=O) groups is 1. The van der Waals surface area contributed by atoms with E-state index in [0.29, 0.717) is 12.6 Å². The molecule has 2 aliphatic carbocycles. The van der Waals surface area contributed by atoms with Gasteiger partial charge in [0, 0.05) is 37.1 Å². The summed E-state index contributed by atoms with van der Waals surface area (Å²) >= 11 is 1.86. The van der Waals surface area contributed by atoms with Crippen LogP contribution in [0.2, 0.25) is 0 Å². The molecule has 0 aromatic carbocycles. The monoisotopic (exact) mass is 385 g/mol. The van der Waals surface area contributed by atoms with Gasteiger partial charge in [-0.15, -0.1) is 11.3 Å². The number of anilines is 1. The maximum atomic E-state index is 12.1. The third kappa shape index (κ3) is 3.55. The van der Waals surface area contributed by atoms with Crippen molar-refractivity contribution in [2.75, 3.05) is 37.6 Å². The van der Waals surface area contributed by atoms with Crippen LogP contribution in [0.5, 0.6) is 0 Å². The number of nitrogens with zero attached hydrogens (tertiary/aromatic N) is 4. The van der Waals surface area contributed by atoms with Crippen molar-refractivity contribution in [3.05, 3.63) is 16.8 Å². The summed E-state index contributed by atoms with van der Waals surface area (Å²) < 4.78 is 0. The number of rotatable bonds is 4. The molecule has 144 valence electrons. The molecule has 1 saturated carbocycles. The molecule has 5 rings (SSSR count). The van der Waals surface area contributed by atoms with Crippen LogP contribution in [0.3, 0.4) is 0 Å². The Kier molecular flexibility index (Phi) is 4.52. The second kappa shape index (κ2) is 7.02. The smallest absolute Gasteiger partial charge is 0.234 e. The lowest BCUT2D eigenvalue weighted by Crippen LogP contribution is -2.50. The van der Waals surface area contributed by atoms with Crippen molar-refractivity contribution in [3.63, 3.8) is 0 Å². The SMILES string of the molecule is C[C@H]1CCc2c(sc3ncnc(N4CCN(CC(=O)NC5CC5)CC4)c23)C1. The molecule has 2 aromatic rings. The summed E-state index contributed by atoms with van der Waals surface area (Å²) in [4.78, 5) is 28.6. The fourth-order valence-electron chi connectivity index (χ4n) is 4.32. The Balaban J connectivity index is 1.31. The van der Waals surface area contributed by atoms with Crippen molar-refractivity contribution < 1.29 is 4.79 Å². The van der Waals surface area contributed by atoms with Crippen LogP contribution < -0.4 is 10.2 Å². The predicted molar refractivity (Wildman–Crippen MR) is 108 cm³/mol. The highest BCUT2D eigenvalue weighted by Gasteiger charge is 2.28. The van der Waals surface area contributed by atoms with Crippen LogP contribution >= 0.6 is 11.3 Å². The number of carbonyl (C=O) groups excluding carboxylic acids is 1. The molecule has 1 amide bonds. The fourth-order valence-corrected chi connectivity index (χ4v) is 5.67. The van der Waals surface area contributed by atoms with Gasteiger partial charge in [0.1, 0.15) is 17.0 Å². The Hall–Kier alpha value is -1.73. The quantitative estimate of drug-likeness (QED) is 0.874. The molecule has 6 nitrogen and oxygen atoms in total. The number of fused-ring (bicyclic) bond motifs is 3. The first-order valence-electron chi connectivity index (χ1n) is 10.2. The standard InChI is InChI=1S/C20H27N5OS/c1-13-2-5-15-16(10-13)27-20-18(15)19(21-12-22-20)25-8-6-24(7-9-25)11-17(26)23-14-3-4-14/h12-14H,2-11H2,1H3,(H,23,26)/t13-/m0/s1. The van der Waals surface area contributed by atoms with E-state index in [1.165, 1.54) is 28.7 Å². The van der Waals surface area contributed by atoms with Crippen molar-refractivity contribution in [2.24, 2.45) is 5.92 Å². The van der Waals surface area contributed by atoms with Crippen molar-refractivity contribution in [2.45, 2.75) is 45.1 Å². The normalized spacial score (nSPS) is 23.4. The Labute approximate surface area is 164 Å². The molecule has 3 aliphatic rings. The highest BCUT2D eigenvalue weighted by molar-refractivity contribution is 7.19. The van der Waals surface area contributed by atoms with Crippen LogP contribution in [0, 0.1) is 5.92 Å². The Morgan fingerprint density at radius 2 is 2.04 bits per heavy atom. The van der Waals surface area contributed by atoms with E-state index >= 15 is 0 Å². The average molecular weight is 386 g/mol. The number of aryl methyl sites for hydroxylation is 1. The van der Waals surface area contributed by atoms with Gasteiger partial charge in [0.2, 0.25) is 5.91 Å². The molecule has 27 heavy (non-hydrogen) atoms. The Morgan fingerprint density at radius 1 is 1.22 bits per heavy atom. The van der Waals surface area contributed by atoms with Gasteiger partial charge in [-0.2, -0.15) is 0 Å². The molecule has 1 N–H and O–H groups in total. The average Bonchev–Trinajstić information content (AvgIpc) is 3.39. The van der Waals surface area contributed by atoms with Gasteiger partial charge < -0.3 is 10.2 Å². The van der Waals surface area contributed by atoms with Crippen LogP contribution in [0.4, 0.5) is 5.82 Å². The van der Waals surface area contributed by atoms with Crippen molar-refractivity contribution in [1.82, 2.24) is 20.2 Å². The summed E-state index contributed by atoms with van der Waals surface area (Å²) in [5.74, 6) is 2.05. The molecule has 2 fully saturated rings. The van der Waals surface area contributed by atoms with E-state index in [1.807, 2.05) is 11.3 Å². The van der Waals surface area contributed by atoms with E-state index in [0.717, 1.165) is 62.0 Å². The lowest BCUT2D eigenvalue weighted by Gasteiger charge is -2.35. The summed E-state index contributed by atoms with van der Waals surface area (Å²) in [7, 11) is 0. The predicted octanol–water partition coefficient (Wildman–Crippen LogP) is 2.22. The second-order valence-electron chi connectivity index (χ2n) is 8.33. The molecule has 1 atom stereocenters. The first-order valence-corrected chi connectivity index (χ1v) is 11.0. The first kappa shape index (κ1) is 17.4. The van der Waals surface area contributed by atoms with Gasteiger partial charge in [-0.3, -0.25) is 9.69 Å². The number of hydrogen-bond acceptors (Lipinski definition) is 6. The molecule has 3 heterocycles. The van der Waals surface area contributed by atoms with Crippen LogP contribution in [-0.4, -0.2) is 59.5 Å². The van der Waals surface area contributed by atoms with Crippen LogP contribution in [0.1, 0.15) is 36.6 Å². The van der Waals surface area contributed by atoms with Crippen molar-refractivity contribution in [3.8, 4) is 0 Å². The highest BCUT2D eigenvalue weighted by atomic mass is 32.1. The van der Waals surface area contributed by atoms with Gasteiger partial charge in [-0.25, -0.2) is 9.97 Å². The van der Waals surface area contributed by atoms with Gasteiger partial charge in [-0.1, -0.05) is 6.92 Å². The number of aromatic nitrogens is 2. The third-order valence-corrected chi connectivity index (χ3v) is 7.22. The minimum atomic E-state index is 0.177. The molecule has 2 aromatic heterocycles. The third-order valence-electron chi connectivity index (χ3n) is 6.05. The molecular formula is C20H27N5OS. The van der Waals surface area contributed by atoms with Crippen molar-refractivity contribution >= 4 is 33.3 Å². The fraction of sp³-hybridized carbons (Fsp3) is 0.650. The topological polar surface area (TPSA) is 61.4 Å². The molecule has 0 radical (unpaired) electrons. The lowest BCUT2D eigenvalue weighted by atomic mass is 9.89. The number of piperazine rings is 1. The van der Waals surface area contributed by atoms with Gasteiger partial charge in [-0.05, 0) is 43.6 Å². The van der Waals surface area contributed by atoms with E-state index in [-0.39, 0.29) is 5.91 Å². The minimum Gasteiger partial charge on any atom is -0.353 e. The number of amides is 1. The van der Waals surface area contributed by atoms with E-state index in [2.05, 4.69) is 32.0 Å². The summed E-state index contributed by atoms with van der Waals surface area (Å²) in [5, 5.41) is 4.38. The van der Waals surface area contributed by atoms with E-state index in [1.54, 1.807) is 6.33 Å². The van der Waals surface area contributed by atoms with Gasteiger partial charge in [0.15, 0.2) is 0 Å². The number of nitrogens with one attached hydrogen (secondary N) is 1. The lowest BCUT2D eigenvalue weighted by molar-refractivity contribution is -0.122. The second-order valence-corrected chi connectivity index (χ2v) is 9.42. The highest BCUT2D eigenvalue weighted by Crippen LogP contribution is 2.40. The maximum absolute atomic E-state index is 12.1.